The summed E-state index contributed by atoms with van der Waals surface area (Å²) in [5.41, 5.74) is 6.49. The van der Waals surface area contributed by atoms with Crippen LogP contribution >= 0.6 is 11.3 Å². The van der Waals surface area contributed by atoms with E-state index in [1.54, 1.807) is 12.5 Å². The molecular formula is C10H15F3N2O2S. The number of alkyl halides is 3. The van der Waals surface area contributed by atoms with Crippen molar-refractivity contribution < 1.29 is 22.6 Å². The minimum Gasteiger partial charge on any atom is -0.385 e. The molecule has 1 unspecified atom stereocenters. The normalized spacial score (nSPS) is 13.8. The zero-order valence-corrected chi connectivity index (χ0v) is 10.7. The standard InChI is InChI=1S/C10H15F3N2O2S/c1-16-3-2-7(14)8-5-18-9(15-8)4-17-6-10(11,12)13/h5,7H,2-4,6,14H2,1H3. The van der Waals surface area contributed by atoms with Crippen molar-refractivity contribution in [1.29, 1.82) is 0 Å². The first-order chi connectivity index (χ1) is 8.42. The molecule has 1 atom stereocenters. The first kappa shape index (κ1) is 15.4. The number of thiazole rings is 1. The lowest BCUT2D eigenvalue weighted by atomic mass is 10.2. The van der Waals surface area contributed by atoms with Crippen molar-refractivity contribution in [3.05, 3.63) is 16.1 Å². The van der Waals surface area contributed by atoms with Gasteiger partial charge in [0.05, 0.1) is 18.3 Å². The molecule has 0 aliphatic heterocycles. The van der Waals surface area contributed by atoms with Crippen LogP contribution in [0.4, 0.5) is 13.2 Å². The summed E-state index contributed by atoms with van der Waals surface area (Å²) in [5.74, 6) is 0. The van der Waals surface area contributed by atoms with Gasteiger partial charge in [0.15, 0.2) is 0 Å². The molecule has 0 saturated heterocycles. The molecule has 1 rings (SSSR count). The molecule has 8 heteroatoms. The molecule has 0 amide bonds. The molecule has 0 saturated carbocycles. The van der Waals surface area contributed by atoms with Crippen LogP contribution in [-0.2, 0) is 16.1 Å². The Morgan fingerprint density at radius 1 is 1.50 bits per heavy atom. The topological polar surface area (TPSA) is 57.4 Å². The average Bonchev–Trinajstić information content (AvgIpc) is 2.73. The molecule has 0 fully saturated rings. The number of nitrogens with zero attached hydrogens (tertiary/aromatic N) is 1. The molecule has 0 aromatic carbocycles. The maximum atomic E-state index is 11.9. The van der Waals surface area contributed by atoms with E-state index in [0.29, 0.717) is 23.7 Å². The van der Waals surface area contributed by atoms with Crippen molar-refractivity contribution in [2.75, 3.05) is 20.3 Å². The lowest BCUT2D eigenvalue weighted by Crippen LogP contribution is -2.17. The van der Waals surface area contributed by atoms with Crippen molar-refractivity contribution in [3.8, 4) is 0 Å². The third kappa shape index (κ3) is 5.76. The molecule has 1 aromatic rings. The molecular weight excluding hydrogens is 269 g/mol. The predicted octanol–water partition coefficient (Wildman–Crippen LogP) is 2.26. The van der Waals surface area contributed by atoms with Crippen LogP contribution in [0, 0.1) is 0 Å². The number of nitrogens with two attached hydrogens (primary N) is 1. The Kier molecular flexibility index (Phi) is 6.00. The summed E-state index contributed by atoms with van der Waals surface area (Å²) >= 11 is 1.24. The van der Waals surface area contributed by atoms with Gasteiger partial charge in [-0.2, -0.15) is 13.2 Å². The van der Waals surface area contributed by atoms with E-state index in [9.17, 15) is 13.2 Å². The Hall–Kier alpha value is -0.700. The molecule has 0 radical (unpaired) electrons. The maximum absolute atomic E-state index is 11.9. The summed E-state index contributed by atoms with van der Waals surface area (Å²) in [7, 11) is 1.57. The predicted molar refractivity (Wildman–Crippen MR) is 61.2 cm³/mol. The summed E-state index contributed by atoms with van der Waals surface area (Å²) in [5, 5.41) is 2.22. The summed E-state index contributed by atoms with van der Waals surface area (Å²) in [4.78, 5) is 4.13. The van der Waals surface area contributed by atoms with Crippen molar-refractivity contribution in [2.24, 2.45) is 5.73 Å². The number of ether oxygens (including phenoxy) is 2. The first-order valence-electron chi connectivity index (χ1n) is 5.25. The summed E-state index contributed by atoms with van der Waals surface area (Å²) in [6, 6.07) is -0.266. The van der Waals surface area contributed by atoms with Crippen LogP contribution in [0.15, 0.2) is 5.38 Å². The summed E-state index contributed by atoms with van der Waals surface area (Å²) in [6.07, 6.45) is -3.70. The van der Waals surface area contributed by atoms with Crippen LogP contribution in [0.2, 0.25) is 0 Å². The summed E-state index contributed by atoms with van der Waals surface area (Å²) < 4.78 is 45.0. The van der Waals surface area contributed by atoms with Crippen molar-refractivity contribution >= 4 is 11.3 Å². The SMILES string of the molecule is COCCC(N)c1csc(COCC(F)(F)F)n1. The highest BCUT2D eigenvalue weighted by molar-refractivity contribution is 7.09. The monoisotopic (exact) mass is 284 g/mol. The minimum absolute atomic E-state index is 0.152. The van der Waals surface area contributed by atoms with E-state index in [0.717, 1.165) is 0 Å². The van der Waals surface area contributed by atoms with E-state index >= 15 is 0 Å². The van der Waals surface area contributed by atoms with Gasteiger partial charge in [-0.3, -0.25) is 0 Å². The molecule has 4 nitrogen and oxygen atoms in total. The van der Waals surface area contributed by atoms with E-state index in [4.69, 9.17) is 10.5 Å². The van der Waals surface area contributed by atoms with E-state index < -0.39 is 12.8 Å². The Labute approximate surface area is 107 Å². The van der Waals surface area contributed by atoms with Crippen LogP contribution < -0.4 is 5.73 Å². The van der Waals surface area contributed by atoms with Crippen LogP contribution in [0.25, 0.3) is 0 Å². The van der Waals surface area contributed by atoms with Gasteiger partial charge in [-0.1, -0.05) is 0 Å². The zero-order chi connectivity index (χ0) is 13.6. The third-order valence-corrected chi connectivity index (χ3v) is 2.91. The smallest absolute Gasteiger partial charge is 0.385 e. The fraction of sp³-hybridized carbons (Fsp3) is 0.700. The molecule has 2 N–H and O–H groups in total. The van der Waals surface area contributed by atoms with Crippen LogP contribution in [0.3, 0.4) is 0 Å². The second kappa shape index (κ2) is 7.03. The van der Waals surface area contributed by atoms with Gasteiger partial charge in [-0.05, 0) is 6.42 Å². The molecule has 104 valence electrons. The number of hydrogen-bond acceptors (Lipinski definition) is 5. The fourth-order valence-corrected chi connectivity index (χ4v) is 2.00. The average molecular weight is 284 g/mol. The lowest BCUT2D eigenvalue weighted by molar-refractivity contribution is -0.176. The number of rotatable bonds is 7. The van der Waals surface area contributed by atoms with Gasteiger partial charge in [0, 0.05) is 19.1 Å². The molecule has 0 aliphatic carbocycles. The highest BCUT2D eigenvalue weighted by atomic mass is 32.1. The summed E-state index contributed by atoms with van der Waals surface area (Å²) in [6.45, 7) is -0.905. The molecule has 0 bridgehead atoms. The van der Waals surface area contributed by atoms with Gasteiger partial charge in [-0.15, -0.1) is 11.3 Å². The van der Waals surface area contributed by atoms with Crippen molar-refractivity contribution in [3.63, 3.8) is 0 Å². The van der Waals surface area contributed by atoms with E-state index in [1.165, 1.54) is 11.3 Å². The fourth-order valence-electron chi connectivity index (χ4n) is 1.21. The van der Waals surface area contributed by atoms with Gasteiger partial charge in [0.25, 0.3) is 0 Å². The Morgan fingerprint density at radius 3 is 2.83 bits per heavy atom. The zero-order valence-electron chi connectivity index (χ0n) is 9.87. The molecule has 1 heterocycles. The van der Waals surface area contributed by atoms with E-state index in [1.807, 2.05) is 0 Å². The first-order valence-corrected chi connectivity index (χ1v) is 6.13. The van der Waals surface area contributed by atoms with Crippen molar-refractivity contribution in [2.45, 2.75) is 25.2 Å². The highest BCUT2D eigenvalue weighted by Crippen LogP contribution is 2.20. The Balaban J connectivity index is 2.38. The Morgan fingerprint density at radius 2 is 2.22 bits per heavy atom. The Bertz CT molecular complexity index is 357. The maximum Gasteiger partial charge on any atom is 0.411 e. The molecule has 0 spiro atoms. The van der Waals surface area contributed by atoms with Crippen LogP contribution in [-0.4, -0.2) is 31.5 Å². The largest absolute Gasteiger partial charge is 0.411 e. The van der Waals surface area contributed by atoms with Gasteiger partial charge >= 0.3 is 6.18 Å². The van der Waals surface area contributed by atoms with E-state index in [-0.39, 0.29) is 12.6 Å². The van der Waals surface area contributed by atoms with Crippen molar-refractivity contribution in [1.82, 2.24) is 4.98 Å². The number of halogens is 3. The van der Waals surface area contributed by atoms with Gasteiger partial charge in [0.1, 0.15) is 11.6 Å². The second-order valence-corrected chi connectivity index (χ2v) is 4.60. The number of aromatic nitrogens is 1. The molecule has 0 aliphatic rings. The minimum atomic E-state index is -4.31. The van der Waals surface area contributed by atoms with Crippen LogP contribution in [0.5, 0.6) is 0 Å². The van der Waals surface area contributed by atoms with Gasteiger partial charge in [-0.25, -0.2) is 4.98 Å². The van der Waals surface area contributed by atoms with Gasteiger partial charge < -0.3 is 15.2 Å². The second-order valence-electron chi connectivity index (χ2n) is 3.66. The van der Waals surface area contributed by atoms with Crippen LogP contribution in [0.1, 0.15) is 23.2 Å². The third-order valence-electron chi connectivity index (χ3n) is 2.07. The lowest BCUT2D eigenvalue weighted by Gasteiger charge is -2.07. The van der Waals surface area contributed by atoms with E-state index in [2.05, 4.69) is 9.72 Å². The number of methoxy groups -OCH3 is 1. The molecule has 18 heavy (non-hydrogen) atoms. The van der Waals surface area contributed by atoms with Gasteiger partial charge in [0.2, 0.25) is 0 Å². The number of hydrogen-bond donors (Lipinski definition) is 1. The highest BCUT2D eigenvalue weighted by Gasteiger charge is 2.27. The molecule has 1 aromatic heterocycles. The quantitative estimate of drug-likeness (QED) is 0.834.